The average Bonchev–Trinajstić information content (AvgIpc) is 2.65. The predicted molar refractivity (Wildman–Crippen MR) is 109 cm³/mol. The van der Waals surface area contributed by atoms with Gasteiger partial charge in [0.1, 0.15) is 0 Å². The highest BCUT2D eigenvalue weighted by Gasteiger charge is 2.34. The molecular weight excluding hydrogens is 290 g/mol. The van der Waals surface area contributed by atoms with Crippen LogP contribution in [0.15, 0.2) is 35.6 Å². The molecule has 0 spiro atoms. The lowest BCUT2D eigenvalue weighted by Crippen LogP contribution is -2.32. The van der Waals surface area contributed by atoms with Crippen molar-refractivity contribution in [3.63, 3.8) is 0 Å². The Morgan fingerprint density at radius 2 is 1.83 bits per heavy atom. The summed E-state index contributed by atoms with van der Waals surface area (Å²) >= 11 is 0. The predicted octanol–water partition coefficient (Wildman–Crippen LogP) is 7.17. The Balaban J connectivity index is 3.14. The van der Waals surface area contributed by atoms with Gasteiger partial charge >= 0.3 is 0 Å². The van der Waals surface area contributed by atoms with Crippen LogP contribution in [0.2, 0.25) is 0 Å². The summed E-state index contributed by atoms with van der Waals surface area (Å²) in [5.41, 5.74) is 5.94. The Hall–Kier alpha value is -0.980. The van der Waals surface area contributed by atoms with E-state index in [9.17, 15) is 0 Å². The minimum absolute atomic E-state index is 0.322. The van der Waals surface area contributed by atoms with Crippen LogP contribution in [-0.2, 0) is 0 Å². The van der Waals surface area contributed by atoms with E-state index < -0.39 is 0 Å². The van der Waals surface area contributed by atoms with Gasteiger partial charge in [0.2, 0.25) is 0 Å². The van der Waals surface area contributed by atoms with Gasteiger partial charge in [0, 0.05) is 12.2 Å². The summed E-state index contributed by atoms with van der Waals surface area (Å²) in [4.78, 5) is 0. The van der Waals surface area contributed by atoms with Gasteiger partial charge in [-0.1, -0.05) is 79.0 Å². The molecule has 0 aliphatic carbocycles. The Kier molecular flexibility index (Phi) is 7.83. The highest BCUT2D eigenvalue weighted by Crippen LogP contribution is 2.44. The Labute approximate surface area is 151 Å². The van der Waals surface area contributed by atoms with Gasteiger partial charge in [0.05, 0.1) is 0 Å². The van der Waals surface area contributed by atoms with Crippen LogP contribution in [0.4, 0.5) is 0 Å². The fraction of sp³-hybridized carbons (Fsp3) is 0.739. The molecule has 0 fully saturated rings. The third-order valence-electron chi connectivity index (χ3n) is 6.05. The van der Waals surface area contributed by atoms with E-state index in [1.807, 2.05) is 0 Å². The molecule has 0 aromatic rings. The minimum Gasteiger partial charge on any atom is -0.385 e. The van der Waals surface area contributed by atoms with E-state index in [2.05, 4.69) is 60.0 Å². The van der Waals surface area contributed by atoms with Gasteiger partial charge in [-0.3, -0.25) is 0 Å². The number of hydrogen-bond donors (Lipinski definition) is 1. The smallest absolute Gasteiger partial charge is 0.0299 e. The molecule has 0 radical (unpaired) electrons. The van der Waals surface area contributed by atoms with E-state index in [1.54, 1.807) is 0 Å². The molecule has 1 atom stereocenters. The number of allylic oxidation sites excluding steroid dienone is 3. The summed E-state index contributed by atoms with van der Waals surface area (Å²) in [6, 6.07) is 0. The Bertz CT molecular complexity index is 480. The number of rotatable bonds is 9. The lowest BCUT2D eigenvalue weighted by molar-refractivity contribution is 0.227. The van der Waals surface area contributed by atoms with Crippen LogP contribution >= 0.6 is 0 Å². The van der Waals surface area contributed by atoms with Crippen molar-refractivity contribution in [1.82, 2.24) is 5.32 Å². The summed E-state index contributed by atoms with van der Waals surface area (Å²) < 4.78 is 0. The van der Waals surface area contributed by atoms with Crippen LogP contribution in [0.3, 0.4) is 0 Å². The first-order valence-electron chi connectivity index (χ1n) is 10.0. The molecule has 24 heavy (non-hydrogen) atoms. The first-order valence-corrected chi connectivity index (χ1v) is 10.0. The monoisotopic (exact) mass is 331 g/mol. The number of hydrogen-bond acceptors (Lipinski definition) is 1. The van der Waals surface area contributed by atoms with Crippen molar-refractivity contribution in [2.24, 2.45) is 10.8 Å². The summed E-state index contributed by atoms with van der Waals surface area (Å²) in [5, 5.41) is 3.65. The molecule has 1 heterocycles. The molecule has 1 unspecified atom stereocenters. The van der Waals surface area contributed by atoms with Crippen LogP contribution in [0, 0.1) is 10.8 Å². The second-order valence-corrected chi connectivity index (χ2v) is 8.76. The molecular formula is C23H41N. The topological polar surface area (TPSA) is 12.0 Å². The van der Waals surface area contributed by atoms with Crippen molar-refractivity contribution >= 4 is 0 Å². The van der Waals surface area contributed by atoms with Crippen molar-refractivity contribution in [1.29, 1.82) is 0 Å². The van der Waals surface area contributed by atoms with E-state index in [1.165, 1.54) is 55.2 Å². The maximum atomic E-state index is 4.52. The highest BCUT2D eigenvalue weighted by molar-refractivity contribution is 5.43. The van der Waals surface area contributed by atoms with Crippen LogP contribution < -0.4 is 5.32 Å². The molecule has 0 aromatic heterocycles. The Morgan fingerprint density at radius 1 is 1.17 bits per heavy atom. The molecule has 0 saturated carbocycles. The zero-order valence-corrected chi connectivity index (χ0v) is 17.3. The molecule has 0 aromatic carbocycles. The fourth-order valence-electron chi connectivity index (χ4n) is 3.94. The van der Waals surface area contributed by atoms with Gasteiger partial charge in [0.15, 0.2) is 0 Å². The van der Waals surface area contributed by atoms with E-state index in [-0.39, 0.29) is 0 Å². The standard InChI is InChI=1S/C23H41N/c1-9-12-14-23(13-10-2)16-21(19(5)20(6)24-17-23)18(4)15-22(7,8)11-3/h24H,4,6,9-17H2,1-3,5,7-8H3. The van der Waals surface area contributed by atoms with Gasteiger partial charge in [-0.15, -0.1) is 0 Å². The number of nitrogens with one attached hydrogen (secondary N) is 1. The van der Waals surface area contributed by atoms with Crippen LogP contribution in [0.25, 0.3) is 0 Å². The average molecular weight is 332 g/mol. The maximum absolute atomic E-state index is 4.52. The molecule has 1 heteroatoms. The first kappa shape index (κ1) is 21.1. The minimum atomic E-state index is 0.322. The third kappa shape index (κ3) is 5.53. The molecule has 0 saturated heterocycles. The van der Waals surface area contributed by atoms with Crippen LogP contribution in [0.5, 0.6) is 0 Å². The second-order valence-electron chi connectivity index (χ2n) is 8.76. The van der Waals surface area contributed by atoms with Crippen molar-refractivity contribution in [3.05, 3.63) is 35.6 Å². The molecule has 1 N–H and O–H groups in total. The quantitative estimate of drug-likeness (QED) is 0.472. The van der Waals surface area contributed by atoms with Crippen molar-refractivity contribution in [2.45, 2.75) is 92.9 Å². The first-order chi connectivity index (χ1) is 11.2. The zero-order valence-electron chi connectivity index (χ0n) is 17.3. The second kappa shape index (κ2) is 8.92. The molecule has 1 aliphatic heterocycles. The number of unbranched alkanes of at least 4 members (excludes halogenated alkanes) is 1. The maximum Gasteiger partial charge on any atom is 0.0299 e. The van der Waals surface area contributed by atoms with E-state index >= 15 is 0 Å². The molecule has 138 valence electrons. The van der Waals surface area contributed by atoms with Crippen molar-refractivity contribution < 1.29 is 0 Å². The molecule has 1 nitrogen and oxygen atoms in total. The van der Waals surface area contributed by atoms with Crippen LogP contribution in [0.1, 0.15) is 92.9 Å². The SMILES string of the molecule is C=C(CC(C)(C)CC)C1=C(C)C(=C)NCC(CCC)(CCCC)C1. The molecule has 0 amide bonds. The molecule has 0 bridgehead atoms. The summed E-state index contributed by atoms with van der Waals surface area (Å²) in [6.45, 7) is 23.7. The van der Waals surface area contributed by atoms with Gasteiger partial charge in [-0.2, -0.15) is 0 Å². The normalized spacial score (nSPS) is 22.3. The zero-order chi connectivity index (χ0) is 18.4. The lowest BCUT2D eigenvalue weighted by atomic mass is 9.71. The summed E-state index contributed by atoms with van der Waals surface area (Å²) in [7, 11) is 0. The third-order valence-corrected chi connectivity index (χ3v) is 6.05. The van der Waals surface area contributed by atoms with Gasteiger partial charge in [-0.25, -0.2) is 0 Å². The van der Waals surface area contributed by atoms with Gasteiger partial charge in [-0.05, 0) is 54.6 Å². The summed E-state index contributed by atoms with van der Waals surface area (Å²) in [5.74, 6) is 0. The lowest BCUT2D eigenvalue weighted by Gasteiger charge is -2.35. The molecule has 1 rings (SSSR count). The van der Waals surface area contributed by atoms with Crippen LogP contribution in [-0.4, -0.2) is 6.54 Å². The van der Waals surface area contributed by atoms with Crippen molar-refractivity contribution in [2.75, 3.05) is 6.54 Å². The van der Waals surface area contributed by atoms with E-state index in [4.69, 9.17) is 0 Å². The Morgan fingerprint density at radius 3 is 2.38 bits per heavy atom. The largest absolute Gasteiger partial charge is 0.385 e. The van der Waals surface area contributed by atoms with Gasteiger partial charge < -0.3 is 5.32 Å². The summed E-state index contributed by atoms with van der Waals surface area (Å²) in [6.07, 6.45) is 9.86. The van der Waals surface area contributed by atoms with E-state index in [0.29, 0.717) is 10.8 Å². The van der Waals surface area contributed by atoms with E-state index in [0.717, 1.165) is 25.1 Å². The fourth-order valence-corrected chi connectivity index (χ4v) is 3.94. The van der Waals surface area contributed by atoms with Crippen molar-refractivity contribution in [3.8, 4) is 0 Å². The van der Waals surface area contributed by atoms with Gasteiger partial charge in [0.25, 0.3) is 0 Å². The molecule has 1 aliphatic rings. The highest BCUT2D eigenvalue weighted by atomic mass is 14.9.